The van der Waals surface area contributed by atoms with E-state index in [1.54, 1.807) is 21.6 Å². The van der Waals surface area contributed by atoms with Crippen LogP contribution in [0.2, 0.25) is 0 Å². The summed E-state index contributed by atoms with van der Waals surface area (Å²) in [5.41, 5.74) is 1.82. The number of anilines is 1. The fourth-order valence-electron chi connectivity index (χ4n) is 2.05. The molecule has 2 N–H and O–H groups in total. The molecule has 0 aliphatic carbocycles. The monoisotopic (exact) mass is 320 g/mol. The van der Waals surface area contributed by atoms with Gasteiger partial charge in [0, 0.05) is 30.8 Å². The van der Waals surface area contributed by atoms with Crippen molar-refractivity contribution < 1.29 is 5.11 Å². The van der Waals surface area contributed by atoms with Gasteiger partial charge in [-0.25, -0.2) is 9.50 Å². The van der Waals surface area contributed by atoms with Crippen LogP contribution in [0.1, 0.15) is 38.1 Å². The number of aryl methyl sites for hydroxylation is 1. The Morgan fingerprint density at radius 1 is 1.36 bits per heavy atom. The minimum atomic E-state index is -0.616. The molecule has 0 radical (unpaired) electrons. The van der Waals surface area contributed by atoms with Crippen molar-refractivity contribution in [1.29, 1.82) is 0 Å². The predicted molar refractivity (Wildman–Crippen MR) is 86.2 cm³/mol. The molecule has 0 saturated heterocycles. The van der Waals surface area contributed by atoms with E-state index in [9.17, 15) is 5.11 Å². The van der Waals surface area contributed by atoms with Crippen LogP contribution in [-0.4, -0.2) is 36.0 Å². The number of aromatic nitrogens is 5. The molecule has 0 saturated carbocycles. The van der Waals surface area contributed by atoms with E-state index in [-0.39, 0.29) is 5.41 Å². The minimum absolute atomic E-state index is 0.0114. The van der Waals surface area contributed by atoms with Crippen LogP contribution in [0.3, 0.4) is 0 Å². The van der Waals surface area contributed by atoms with Gasteiger partial charge in [0.05, 0.1) is 24.2 Å². The fraction of sp³-hybridized carbons (Fsp3) is 0.500. The fourth-order valence-corrected chi connectivity index (χ4v) is 2.84. The molecule has 0 fully saturated rings. The Bertz CT molecular complexity index is 749. The second-order valence-corrected chi connectivity index (χ2v) is 7.31. The molecule has 0 aliphatic heterocycles. The Hall–Kier alpha value is -1.93. The van der Waals surface area contributed by atoms with E-state index < -0.39 is 6.10 Å². The van der Waals surface area contributed by atoms with Crippen molar-refractivity contribution in [2.24, 2.45) is 7.05 Å². The molecular formula is C14H20N6OS. The van der Waals surface area contributed by atoms with Crippen LogP contribution >= 0.6 is 11.3 Å². The maximum atomic E-state index is 10.1. The van der Waals surface area contributed by atoms with Crippen LogP contribution in [0, 0.1) is 0 Å². The summed E-state index contributed by atoms with van der Waals surface area (Å²) in [6.07, 6.45) is 4.80. The van der Waals surface area contributed by atoms with Gasteiger partial charge in [0.1, 0.15) is 0 Å². The number of imidazole rings is 1. The normalized spacial score (nSPS) is 13.7. The summed E-state index contributed by atoms with van der Waals surface area (Å²) in [7, 11) is 1.83. The molecule has 3 aromatic rings. The average molecular weight is 320 g/mol. The van der Waals surface area contributed by atoms with E-state index in [0.717, 1.165) is 21.3 Å². The summed E-state index contributed by atoms with van der Waals surface area (Å²) in [6, 6.07) is 0. The zero-order chi connectivity index (χ0) is 15.9. The van der Waals surface area contributed by atoms with Gasteiger partial charge in [-0.2, -0.15) is 5.10 Å². The number of nitrogens with one attached hydrogen (secondary N) is 1. The third-order valence-electron chi connectivity index (χ3n) is 3.37. The zero-order valence-electron chi connectivity index (χ0n) is 13.1. The first-order valence-electron chi connectivity index (χ1n) is 7.10. The number of fused-ring (bicyclic) bond motifs is 1. The lowest BCUT2D eigenvalue weighted by Crippen LogP contribution is -2.12. The molecule has 3 heterocycles. The van der Waals surface area contributed by atoms with Gasteiger partial charge in [0.2, 0.25) is 10.1 Å². The van der Waals surface area contributed by atoms with Gasteiger partial charge in [-0.1, -0.05) is 32.1 Å². The van der Waals surface area contributed by atoms with Crippen LogP contribution in [0.4, 0.5) is 5.13 Å². The molecule has 7 nitrogen and oxygen atoms in total. The molecule has 22 heavy (non-hydrogen) atoms. The van der Waals surface area contributed by atoms with E-state index in [2.05, 4.69) is 41.3 Å². The van der Waals surface area contributed by atoms with Crippen molar-refractivity contribution in [3.63, 3.8) is 0 Å². The highest BCUT2D eigenvalue weighted by molar-refractivity contribution is 7.20. The van der Waals surface area contributed by atoms with Crippen LogP contribution in [-0.2, 0) is 12.5 Å². The van der Waals surface area contributed by atoms with Gasteiger partial charge in [0.25, 0.3) is 0 Å². The molecule has 1 unspecified atom stereocenters. The minimum Gasteiger partial charge on any atom is -0.386 e. The van der Waals surface area contributed by atoms with Crippen molar-refractivity contribution in [1.82, 2.24) is 24.4 Å². The molecule has 118 valence electrons. The average Bonchev–Trinajstić information content (AvgIpc) is 3.08. The van der Waals surface area contributed by atoms with Crippen molar-refractivity contribution in [2.45, 2.75) is 32.3 Å². The summed E-state index contributed by atoms with van der Waals surface area (Å²) < 4.78 is 3.45. The highest BCUT2D eigenvalue weighted by atomic mass is 32.1. The van der Waals surface area contributed by atoms with E-state index in [4.69, 9.17) is 0 Å². The maximum Gasteiger partial charge on any atom is 0.214 e. The maximum absolute atomic E-state index is 10.1. The van der Waals surface area contributed by atoms with E-state index in [1.165, 1.54) is 11.3 Å². The van der Waals surface area contributed by atoms with Gasteiger partial charge >= 0.3 is 0 Å². The zero-order valence-corrected chi connectivity index (χ0v) is 13.9. The Morgan fingerprint density at radius 3 is 2.73 bits per heavy atom. The first kappa shape index (κ1) is 15.0. The Balaban J connectivity index is 1.68. The Labute approximate surface area is 132 Å². The smallest absolute Gasteiger partial charge is 0.214 e. The first-order chi connectivity index (χ1) is 10.3. The van der Waals surface area contributed by atoms with Crippen molar-refractivity contribution >= 4 is 21.4 Å². The number of nitrogens with zero attached hydrogens (tertiary/aromatic N) is 5. The molecule has 3 aromatic heterocycles. The number of aliphatic hydroxyl groups excluding tert-OH is 1. The SMILES string of the molecule is Cn1cc(C(O)CNc2nn3cc(C(C)(C)C)nc3s2)cn1. The molecule has 0 spiro atoms. The topological polar surface area (TPSA) is 80.3 Å². The van der Waals surface area contributed by atoms with Gasteiger partial charge in [-0.15, -0.1) is 5.10 Å². The summed E-state index contributed by atoms with van der Waals surface area (Å²) >= 11 is 1.47. The largest absolute Gasteiger partial charge is 0.386 e. The third kappa shape index (κ3) is 2.97. The van der Waals surface area contributed by atoms with Crippen molar-refractivity contribution in [3.8, 4) is 0 Å². The van der Waals surface area contributed by atoms with Crippen molar-refractivity contribution in [3.05, 3.63) is 29.8 Å². The molecule has 0 bridgehead atoms. The highest BCUT2D eigenvalue weighted by Gasteiger charge is 2.19. The van der Waals surface area contributed by atoms with E-state index in [0.29, 0.717) is 6.54 Å². The molecule has 0 aromatic carbocycles. The van der Waals surface area contributed by atoms with E-state index >= 15 is 0 Å². The summed E-state index contributed by atoms with van der Waals surface area (Å²) in [6.45, 7) is 6.77. The van der Waals surface area contributed by atoms with Crippen LogP contribution in [0.25, 0.3) is 4.96 Å². The predicted octanol–water partition coefficient (Wildman–Crippen LogP) is 1.97. The first-order valence-corrected chi connectivity index (χ1v) is 7.92. The molecule has 0 aliphatic rings. The number of hydrogen-bond donors (Lipinski definition) is 2. The van der Waals surface area contributed by atoms with Crippen LogP contribution in [0.5, 0.6) is 0 Å². The Kier molecular flexibility index (Phi) is 3.65. The Morgan fingerprint density at radius 2 is 2.14 bits per heavy atom. The molecule has 3 rings (SSSR count). The quantitative estimate of drug-likeness (QED) is 0.768. The van der Waals surface area contributed by atoms with Gasteiger partial charge < -0.3 is 10.4 Å². The molecule has 0 amide bonds. The molecule has 1 atom stereocenters. The second-order valence-electron chi connectivity index (χ2n) is 6.35. The number of aliphatic hydroxyl groups is 1. The summed E-state index contributed by atoms with van der Waals surface area (Å²) in [5, 5.41) is 22.5. The molecule has 8 heteroatoms. The van der Waals surface area contributed by atoms with Gasteiger partial charge in [-0.3, -0.25) is 4.68 Å². The van der Waals surface area contributed by atoms with Crippen LogP contribution in [0.15, 0.2) is 18.6 Å². The highest BCUT2D eigenvalue weighted by Crippen LogP contribution is 2.26. The summed E-state index contributed by atoms with van der Waals surface area (Å²) in [4.78, 5) is 5.45. The lowest BCUT2D eigenvalue weighted by atomic mass is 9.93. The van der Waals surface area contributed by atoms with Crippen LogP contribution < -0.4 is 5.32 Å². The number of rotatable bonds is 4. The lowest BCUT2D eigenvalue weighted by molar-refractivity contribution is 0.191. The third-order valence-corrected chi connectivity index (χ3v) is 4.25. The van der Waals surface area contributed by atoms with Crippen molar-refractivity contribution in [2.75, 3.05) is 11.9 Å². The van der Waals surface area contributed by atoms with Gasteiger partial charge in [-0.05, 0) is 0 Å². The lowest BCUT2D eigenvalue weighted by Gasteiger charge is -2.13. The standard InChI is InChI=1S/C14H20N6OS/c1-14(2,3)11-8-20-13(17-11)22-12(18-20)15-6-10(21)9-5-16-19(4)7-9/h5,7-8,10,21H,6H2,1-4H3,(H,15,18). The summed E-state index contributed by atoms with van der Waals surface area (Å²) in [5.74, 6) is 0. The van der Waals surface area contributed by atoms with E-state index in [1.807, 2.05) is 13.2 Å². The second kappa shape index (κ2) is 5.36. The molecular weight excluding hydrogens is 300 g/mol. The number of hydrogen-bond acceptors (Lipinski definition) is 6. The van der Waals surface area contributed by atoms with Gasteiger partial charge in [0.15, 0.2) is 0 Å².